The summed E-state index contributed by atoms with van der Waals surface area (Å²) in [4.78, 5) is 0. The second-order valence-corrected chi connectivity index (χ2v) is 4.09. The fourth-order valence-electron chi connectivity index (χ4n) is 0.995. The van der Waals surface area contributed by atoms with E-state index < -0.39 is 11.7 Å². The first-order valence-corrected chi connectivity index (χ1v) is 4.81. The highest BCUT2D eigenvalue weighted by Gasteiger charge is 2.35. The monoisotopic (exact) mass is 320 g/mol. The molecule has 0 fully saturated rings. The van der Waals surface area contributed by atoms with Crippen LogP contribution in [0.1, 0.15) is 11.1 Å². The predicted octanol–water partition coefficient (Wildman–Crippen LogP) is 4.27. The Labute approximate surface area is 92.2 Å². The maximum atomic E-state index is 12.4. The highest BCUT2D eigenvalue weighted by atomic mass is 127. The molecule has 0 nitrogen and oxygen atoms in total. The van der Waals surface area contributed by atoms with Crippen molar-refractivity contribution < 1.29 is 13.2 Å². The third kappa shape index (κ3) is 2.28. The summed E-state index contributed by atoms with van der Waals surface area (Å²) in [6, 6.07) is 2.98. The van der Waals surface area contributed by atoms with E-state index >= 15 is 0 Å². The minimum atomic E-state index is -4.37. The Morgan fingerprint density at radius 1 is 1.31 bits per heavy atom. The van der Waals surface area contributed by atoms with Crippen LogP contribution in [0.3, 0.4) is 0 Å². The smallest absolute Gasteiger partial charge is 0.166 e. The Balaban J connectivity index is 3.43. The first kappa shape index (κ1) is 11.1. The lowest BCUT2D eigenvalue weighted by Gasteiger charge is -2.12. The number of alkyl halides is 3. The number of aryl methyl sites for hydroxylation is 1. The van der Waals surface area contributed by atoms with Gasteiger partial charge in [0.2, 0.25) is 0 Å². The van der Waals surface area contributed by atoms with Crippen molar-refractivity contribution >= 4 is 34.2 Å². The Hall–Kier alpha value is 0.0300. The van der Waals surface area contributed by atoms with Crippen LogP contribution in [0.25, 0.3) is 0 Å². The van der Waals surface area contributed by atoms with E-state index in [0.717, 1.165) is 0 Å². The van der Waals surface area contributed by atoms with E-state index in [2.05, 4.69) is 0 Å². The van der Waals surface area contributed by atoms with Gasteiger partial charge in [-0.3, -0.25) is 0 Å². The quantitative estimate of drug-likeness (QED) is 0.626. The molecule has 13 heavy (non-hydrogen) atoms. The summed E-state index contributed by atoms with van der Waals surface area (Å²) in [6.07, 6.45) is -4.37. The van der Waals surface area contributed by atoms with Gasteiger partial charge in [0.1, 0.15) is 0 Å². The summed E-state index contributed by atoms with van der Waals surface area (Å²) in [5, 5.41) is -0.215. The third-order valence-corrected chi connectivity index (χ3v) is 3.20. The molecule has 0 N–H and O–H groups in total. The largest absolute Gasteiger partial charge is 0.418 e. The van der Waals surface area contributed by atoms with Gasteiger partial charge in [0.15, 0.2) is 0 Å². The molecule has 0 heterocycles. The van der Waals surface area contributed by atoms with Crippen LogP contribution < -0.4 is 0 Å². The van der Waals surface area contributed by atoms with Gasteiger partial charge in [0, 0.05) is 3.57 Å². The van der Waals surface area contributed by atoms with Crippen molar-refractivity contribution in [2.24, 2.45) is 0 Å². The molecule has 72 valence electrons. The zero-order chi connectivity index (χ0) is 10.2. The van der Waals surface area contributed by atoms with Crippen LogP contribution in [0, 0.1) is 10.5 Å². The minimum absolute atomic E-state index is 0.151. The average Bonchev–Trinajstić information content (AvgIpc) is 1.95. The first-order chi connectivity index (χ1) is 5.84. The molecule has 1 aromatic rings. The molecule has 5 heteroatoms. The average molecular weight is 320 g/mol. The van der Waals surface area contributed by atoms with Crippen LogP contribution in [-0.4, -0.2) is 0 Å². The second kappa shape index (κ2) is 3.65. The summed E-state index contributed by atoms with van der Waals surface area (Å²) < 4.78 is 37.6. The molecule has 1 rings (SSSR count). The molecule has 0 aromatic heterocycles. The molecule has 0 atom stereocenters. The van der Waals surface area contributed by atoms with E-state index in [1.165, 1.54) is 13.0 Å². The number of halogens is 5. The lowest BCUT2D eigenvalue weighted by Crippen LogP contribution is -2.09. The molecule has 1 aromatic carbocycles. The van der Waals surface area contributed by atoms with Crippen LogP contribution in [0.4, 0.5) is 13.2 Å². The van der Waals surface area contributed by atoms with Gasteiger partial charge in [-0.15, -0.1) is 0 Å². The second-order valence-electron chi connectivity index (χ2n) is 2.55. The molecule has 0 saturated carbocycles. The van der Waals surface area contributed by atoms with Crippen LogP contribution in [-0.2, 0) is 6.18 Å². The van der Waals surface area contributed by atoms with Crippen molar-refractivity contribution in [3.63, 3.8) is 0 Å². The summed E-state index contributed by atoms with van der Waals surface area (Å²) in [7, 11) is 0. The zero-order valence-electron chi connectivity index (χ0n) is 6.54. The van der Waals surface area contributed by atoms with Crippen LogP contribution >= 0.6 is 34.2 Å². The Morgan fingerprint density at radius 3 is 2.23 bits per heavy atom. The predicted molar refractivity (Wildman–Crippen MR) is 53.9 cm³/mol. The molecule has 0 radical (unpaired) electrons. The van der Waals surface area contributed by atoms with Crippen LogP contribution in [0.5, 0.6) is 0 Å². The summed E-state index contributed by atoms with van der Waals surface area (Å²) >= 11 is 7.33. The van der Waals surface area contributed by atoms with Gasteiger partial charge in [-0.25, -0.2) is 0 Å². The van der Waals surface area contributed by atoms with Gasteiger partial charge in [0.05, 0.1) is 10.6 Å². The van der Waals surface area contributed by atoms with Gasteiger partial charge in [-0.2, -0.15) is 13.2 Å². The lowest BCUT2D eigenvalue weighted by atomic mass is 10.1. The van der Waals surface area contributed by atoms with E-state index in [4.69, 9.17) is 11.6 Å². The molecule has 0 unspecified atom stereocenters. The minimum Gasteiger partial charge on any atom is -0.166 e. The van der Waals surface area contributed by atoms with Crippen molar-refractivity contribution in [2.45, 2.75) is 13.1 Å². The van der Waals surface area contributed by atoms with Gasteiger partial charge >= 0.3 is 6.18 Å². The Bertz CT molecular complexity index is 333. The zero-order valence-corrected chi connectivity index (χ0v) is 9.46. The standard InChI is InChI=1S/C8H5ClF3I/c1-4-2-3-5(13)7(9)6(4)8(10,11)12/h2-3H,1H3. The summed E-state index contributed by atoms with van der Waals surface area (Å²) in [5.41, 5.74) is -0.584. The van der Waals surface area contributed by atoms with E-state index in [9.17, 15) is 13.2 Å². The molecule has 0 aliphatic rings. The van der Waals surface area contributed by atoms with E-state index in [0.29, 0.717) is 3.57 Å². The maximum Gasteiger partial charge on any atom is 0.418 e. The van der Waals surface area contributed by atoms with Crippen molar-refractivity contribution in [1.82, 2.24) is 0 Å². The van der Waals surface area contributed by atoms with Crippen molar-refractivity contribution in [3.05, 3.63) is 31.9 Å². The molecule has 0 saturated heterocycles. The van der Waals surface area contributed by atoms with Crippen LogP contribution in [0.15, 0.2) is 12.1 Å². The molecule has 0 spiro atoms. The van der Waals surface area contributed by atoms with Crippen molar-refractivity contribution in [2.75, 3.05) is 0 Å². The normalized spacial score (nSPS) is 11.8. The molecule has 0 aliphatic heterocycles. The maximum absolute atomic E-state index is 12.4. The molecule has 0 aliphatic carbocycles. The van der Waals surface area contributed by atoms with Gasteiger partial charge in [-0.1, -0.05) is 17.7 Å². The third-order valence-electron chi connectivity index (χ3n) is 1.59. The van der Waals surface area contributed by atoms with Crippen LogP contribution in [0.2, 0.25) is 5.02 Å². The van der Waals surface area contributed by atoms with E-state index in [1.807, 2.05) is 0 Å². The SMILES string of the molecule is Cc1ccc(I)c(Cl)c1C(F)(F)F. The van der Waals surface area contributed by atoms with E-state index in [-0.39, 0.29) is 10.6 Å². The fourth-order valence-corrected chi connectivity index (χ4v) is 1.76. The van der Waals surface area contributed by atoms with Gasteiger partial charge in [0.25, 0.3) is 0 Å². The number of rotatable bonds is 0. The topological polar surface area (TPSA) is 0 Å². The number of hydrogen-bond donors (Lipinski definition) is 0. The molecule has 0 amide bonds. The molecular weight excluding hydrogens is 315 g/mol. The summed E-state index contributed by atoms with van der Waals surface area (Å²) in [6.45, 7) is 1.39. The highest BCUT2D eigenvalue weighted by Crippen LogP contribution is 2.38. The highest BCUT2D eigenvalue weighted by molar-refractivity contribution is 14.1. The Morgan fingerprint density at radius 2 is 1.85 bits per heavy atom. The van der Waals surface area contributed by atoms with E-state index in [1.54, 1.807) is 28.7 Å². The molecule has 0 bridgehead atoms. The fraction of sp³-hybridized carbons (Fsp3) is 0.250. The Kier molecular flexibility index (Phi) is 3.12. The first-order valence-electron chi connectivity index (χ1n) is 3.36. The van der Waals surface area contributed by atoms with Gasteiger partial charge in [-0.05, 0) is 41.1 Å². The number of benzene rings is 1. The lowest BCUT2D eigenvalue weighted by molar-refractivity contribution is -0.138. The van der Waals surface area contributed by atoms with Gasteiger partial charge < -0.3 is 0 Å². The summed E-state index contributed by atoms with van der Waals surface area (Å²) in [5.74, 6) is 0. The van der Waals surface area contributed by atoms with Crippen molar-refractivity contribution in [1.29, 1.82) is 0 Å². The van der Waals surface area contributed by atoms with Crippen molar-refractivity contribution in [3.8, 4) is 0 Å². The molecular formula is C8H5ClF3I. The number of hydrogen-bond acceptors (Lipinski definition) is 0.